The summed E-state index contributed by atoms with van der Waals surface area (Å²) in [6.07, 6.45) is 0. The lowest BCUT2D eigenvalue weighted by molar-refractivity contribution is -0.113. The van der Waals surface area contributed by atoms with Crippen molar-refractivity contribution >= 4 is 40.2 Å². The number of halogens is 1. The Hall–Kier alpha value is -1.69. The van der Waals surface area contributed by atoms with Crippen LogP contribution in [0.25, 0.3) is 0 Å². The number of hydrogen-bond donors (Lipinski definition) is 0. The first-order chi connectivity index (χ1) is 8.70. The molecule has 0 aliphatic rings. The Morgan fingerprint density at radius 1 is 0.833 bits per heavy atom. The zero-order valence-corrected chi connectivity index (χ0v) is 11.6. The third kappa shape index (κ3) is 2.76. The Labute approximate surface area is 119 Å². The summed E-state index contributed by atoms with van der Waals surface area (Å²) in [5.74, 6) is -1.05. The number of hydrogen-bond acceptors (Lipinski definition) is 2. The van der Waals surface area contributed by atoms with E-state index in [0.29, 0.717) is 11.3 Å². The van der Waals surface area contributed by atoms with Crippen molar-refractivity contribution < 1.29 is 9.59 Å². The van der Waals surface area contributed by atoms with Crippen LogP contribution in [0.5, 0.6) is 0 Å². The minimum Gasteiger partial charge on any atom is -0.283 e. The van der Waals surface area contributed by atoms with Gasteiger partial charge in [-0.1, -0.05) is 48.5 Å². The Morgan fingerprint density at radius 3 is 1.89 bits per heavy atom. The molecule has 0 atom stereocenters. The highest BCUT2D eigenvalue weighted by Crippen LogP contribution is 2.19. The molecule has 0 aliphatic heterocycles. The van der Waals surface area contributed by atoms with Crippen LogP contribution in [0.15, 0.2) is 60.7 Å². The van der Waals surface area contributed by atoms with Gasteiger partial charge in [-0.2, -0.15) is 0 Å². The first-order valence-corrected chi connectivity index (χ1v) is 6.31. The molecule has 2 aromatic carbocycles. The van der Waals surface area contributed by atoms with Crippen LogP contribution in [0.4, 0.5) is 5.69 Å². The smallest absolute Gasteiger partial charge is 0.283 e. The maximum absolute atomic E-state index is 12.0. The van der Waals surface area contributed by atoms with Gasteiger partial charge in [-0.3, -0.25) is 9.59 Å². The summed E-state index contributed by atoms with van der Waals surface area (Å²) >= 11 is 1.84. The quantitative estimate of drug-likeness (QED) is 0.369. The molecule has 2 aromatic rings. The van der Waals surface area contributed by atoms with Gasteiger partial charge in [-0.25, -0.2) is 3.11 Å². The lowest BCUT2D eigenvalue weighted by Crippen LogP contribution is -2.28. The second-order valence-electron chi connectivity index (χ2n) is 3.62. The maximum atomic E-state index is 12.0. The average Bonchev–Trinajstić information content (AvgIpc) is 2.47. The van der Waals surface area contributed by atoms with Crippen molar-refractivity contribution in [2.45, 2.75) is 0 Å². The van der Waals surface area contributed by atoms with Crippen LogP contribution in [-0.2, 0) is 4.79 Å². The fraction of sp³-hybridized carbons (Fsp3) is 0. The number of rotatable bonds is 3. The monoisotopic (exact) mass is 351 g/mol. The molecule has 0 bridgehead atoms. The zero-order chi connectivity index (χ0) is 13.0. The van der Waals surface area contributed by atoms with Crippen molar-refractivity contribution in [2.24, 2.45) is 0 Å². The van der Waals surface area contributed by atoms with E-state index in [1.165, 1.54) is 3.11 Å². The molecule has 18 heavy (non-hydrogen) atoms. The van der Waals surface area contributed by atoms with Crippen molar-refractivity contribution in [2.75, 3.05) is 3.11 Å². The van der Waals surface area contributed by atoms with Crippen molar-refractivity contribution in [1.82, 2.24) is 0 Å². The third-order valence-electron chi connectivity index (χ3n) is 2.39. The van der Waals surface area contributed by atoms with Crippen LogP contribution in [0.1, 0.15) is 10.4 Å². The molecule has 0 heterocycles. The van der Waals surface area contributed by atoms with Gasteiger partial charge in [0.15, 0.2) is 0 Å². The lowest BCUT2D eigenvalue weighted by Gasteiger charge is -2.13. The number of carbonyl (C=O) groups is 2. The highest BCUT2D eigenvalue weighted by atomic mass is 127. The Balaban J connectivity index is 2.20. The molecule has 0 unspecified atom stereocenters. The van der Waals surface area contributed by atoms with Crippen LogP contribution in [0.2, 0.25) is 0 Å². The van der Waals surface area contributed by atoms with Gasteiger partial charge in [-0.05, 0) is 12.1 Å². The van der Waals surface area contributed by atoms with Crippen LogP contribution < -0.4 is 3.11 Å². The van der Waals surface area contributed by atoms with Gasteiger partial charge in [-0.15, -0.1) is 0 Å². The molecule has 0 saturated heterocycles. The fourth-order valence-corrected chi connectivity index (χ4v) is 2.02. The van der Waals surface area contributed by atoms with Gasteiger partial charge >= 0.3 is 5.91 Å². The van der Waals surface area contributed by atoms with E-state index in [0.717, 1.165) is 0 Å². The third-order valence-corrected chi connectivity index (χ3v) is 3.39. The van der Waals surface area contributed by atoms with E-state index >= 15 is 0 Å². The Kier molecular flexibility index (Phi) is 4.09. The first-order valence-electron chi connectivity index (χ1n) is 5.35. The summed E-state index contributed by atoms with van der Waals surface area (Å²) < 4.78 is 1.33. The van der Waals surface area contributed by atoms with E-state index in [-0.39, 0.29) is 0 Å². The molecule has 1 amide bonds. The summed E-state index contributed by atoms with van der Waals surface area (Å²) in [5, 5.41) is 0. The number of benzene rings is 2. The lowest BCUT2D eigenvalue weighted by atomic mass is 10.1. The molecular formula is C14H10INO2. The predicted molar refractivity (Wildman–Crippen MR) is 78.7 cm³/mol. The van der Waals surface area contributed by atoms with E-state index in [1.807, 2.05) is 41.1 Å². The average molecular weight is 351 g/mol. The normalized spacial score (nSPS) is 9.83. The first kappa shape index (κ1) is 12.8. The summed E-state index contributed by atoms with van der Waals surface area (Å²) in [5.41, 5.74) is 1.09. The molecule has 0 spiro atoms. The second-order valence-corrected chi connectivity index (χ2v) is 4.58. The number of anilines is 1. The summed E-state index contributed by atoms with van der Waals surface area (Å²) in [6.45, 7) is 0. The topological polar surface area (TPSA) is 37.4 Å². The van der Waals surface area contributed by atoms with Gasteiger partial charge in [0, 0.05) is 5.56 Å². The fourth-order valence-electron chi connectivity index (χ4n) is 1.48. The number of Topliss-reactive ketones (excluding diaryl/α,β-unsaturated/α-hetero) is 1. The molecule has 3 nitrogen and oxygen atoms in total. The van der Waals surface area contributed by atoms with Crippen molar-refractivity contribution in [3.8, 4) is 0 Å². The van der Waals surface area contributed by atoms with Crippen LogP contribution >= 0.6 is 22.9 Å². The highest BCUT2D eigenvalue weighted by molar-refractivity contribution is 14.1. The Morgan fingerprint density at radius 2 is 1.33 bits per heavy atom. The van der Waals surface area contributed by atoms with Gasteiger partial charge < -0.3 is 0 Å². The van der Waals surface area contributed by atoms with Crippen molar-refractivity contribution in [1.29, 1.82) is 0 Å². The second kappa shape index (κ2) is 5.77. The number of para-hydroxylation sites is 1. The van der Waals surface area contributed by atoms with E-state index in [4.69, 9.17) is 0 Å². The number of carbonyl (C=O) groups excluding carboxylic acids is 2. The van der Waals surface area contributed by atoms with Crippen LogP contribution in [0.3, 0.4) is 0 Å². The van der Waals surface area contributed by atoms with E-state index in [9.17, 15) is 9.59 Å². The van der Waals surface area contributed by atoms with Gasteiger partial charge in [0.05, 0.1) is 28.6 Å². The van der Waals surface area contributed by atoms with Gasteiger partial charge in [0.2, 0.25) is 0 Å². The number of nitrogens with zero attached hydrogens (tertiary/aromatic N) is 1. The van der Waals surface area contributed by atoms with Gasteiger partial charge in [0.25, 0.3) is 5.78 Å². The number of ketones is 1. The molecule has 0 saturated carbocycles. The molecule has 0 fully saturated rings. The largest absolute Gasteiger partial charge is 0.308 e. The van der Waals surface area contributed by atoms with Crippen LogP contribution in [-0.4, -0.2) is 11.7 Å². The van der Waals surface area contributed by atoms with Gasteiger partial charge in [0.1, 0.15) is 0 Å². The van der Waals surface area contributed by atoms with Crippen molar-refractivity contribution in [3.63, 3.8) is 0 Å². The standard InChI is InChI=1S/C14H10INO2/c15-16(12-9-5-2-6-10-12)14(18)13(17)11-7-3-1-4-8-11/h1-10H. The van der Waals surface area contributed by atoms with Crippen LogP contribution in [0, 0.1) is 0 Å². The van der Waals surface area contributed by atoms with E-state index in [1.54, 1.807) is 42.5 Å². The van der Waals surface area contributed by atoms with Crippen molar-refractivity contribution in [3.05, 3.63) is 66.2 Å². The Bertz CT molecular complexity index is 555. The molecule has 90 valence electrons. The molecule has 0 radical (unpaired) electrons. The molecule has 0 aliphatic carbocycles. The number of amides is 1. The highest BCUT2D eigenvalue weighted by Gasteiger charge is 2.22. The maximum Gasteiger partial charge on any atom is 0.308 e. The summed E-state index contributed by atoms with van der Waals surface area (Å²) in [4.78, 5) is 24.0. The minimum atomic E-state index is -0.548. The molecule has 4 heteroatoms. The minimum absolute atomic E-state index is 0.403. The van der Waals surface area contributed by atoms with E-state index in [2.05, 4.69) is 0 Å². The molecule has 0 aromatic heterocycles. The zero-order valence-electron chi connectivity index (χ0n) is 9.42. The molecule has 2 rings (SSSR count). The molecular weight excluding hydrogens is 341 g/mol. The summed E-state index contributed by atoms with van der Waals surface area (Å²) in [7, 11) is 0. The summed E-state index contributed by atoms with van der Waals surface area (Å²) in [6, 6.07) is 17.6. The predicted octanol–water partition coefficient (Wildman–Crippen LogP) is 3.25. The molecule has 0 N–H and O–H groups in total. The van der Waals surface area contributed by atoms with E-state index < -0.39 is 11.7 Å². The SMILES string of the molecule is O=C(C(=O)N(I)c1ccccc1)c1ccccc1.